The van der Waals surface area contributed by atoms with Crippen LogP contribution in [0.25, 0.3) is 27.3 Å². The third-order valence-corrected chi connectivity index (χ3v) is 6.35. The lowest BCUT2D eigenvalue weighted by molar-refractivity contribution is 1.04. The number of halogens is 1. The summed E-state index contributed by atoms with van der Waals surface area (Å²) in [4.78, 5) is 16.4. The maximum atomic E-state index is 8.98. The fraction of sp³-hybridized carbons (Fsp3) is 0.0400. The van der Waals surface area contributed by atoms with Gasteiger partial charge in [-0.25, -0.2) is 9.97 Å². The Balaban J connectivity index is 1.44. The zero-order valence-electron chi connectivity index (χ0n) is 16.7. The maximum Gasteiger partial charge on any atom is 0.195 e. The van der Waals surface area contributed by atoms with Crippen molar-refractivity contribution in [2.45, 2.75) is 0 Å². The monoisotopic (exact) mass is 451 g/mol. The molecule has 0 fully saturated rings. The molecule has 0 spiro atoms. The van der Waals surface area contributed by atoms with Crippen molar-refractivity contribution in [3.63, 3.8) is 0 Å². The third kappa shape index (κ3) is 3.63. The molecule has 5 nitrogen and oxygen atoms in total. The van der Waals surface area contributed by atoms with E-state index < -0.39 is 0 Å². The molecule has 5 rings (SSSR count). The molecule has 2 aromatic carbocycles. The lowest BCUT2D eigenvalue weighted by Crippen LogP contribution is -2.22. The molecule has 1 aliphatic heterocycles. The van der Waals surface area contributed by atoms with E-state index in [1.54, 1.807) is 18.3 Å². The smallest absolute Gasteiger partial charge is 0.195 e. The zero-order valence-corrected chi connectivity index (χ0v) is 18.2. The maximum absolute atomic E-state index is 8.98. The molecule has 7 heteroatoms. The minimum absolute atomic E-state index is 0.556. The Morgan fingerprint density at radius 1 is 1.09 bits per heavy atom. The van der Waals surface area contributed by atoms with Gasteiger partial charge < -0.3 is 4.90 Å². The lowest BCUT2D eigenvalue weighted by atomic mass is 9.98. The normalized spacial score (nSPS) is 13.3. The van der Waals surface area contributed by atoms with E-state index in [4.69, 9.17) is 28.3 Å². The van der Waals surface area contributed by atoms with Gasteiger partial charge in [-0.15, -0.1) is 6.42 Å². The van der Waals surface area contributed by atoms with Gasteiger partial charge in [0, 0.05) is 17.7 Å². The summed E-state index contributed by atoms with van der Waals surface area (Å²) in [6, 6.07) is 17.2. The van der Waals surface area contributed by atoms with Crippen molar-refractivity contribution in [3.05, 3.63) is 88.7 Å². The Labute approximate surface area is 194 Å². The lowest BCUT2D eigenvalue weighted by Gasteiger charge is -2.24. The Morgan fingerprint density at radius 3 is 2.66 bits per heavy atom. The van der Waals surface area contributed by atoms with Crippen molar-refractivity contribution in [3.8, 4) is 29.7 Å². The van der Waals surface area contributed by atoms with Crippen LogP contribution >= 0.6 is 22.9 Å². The van der Waals surface area contributed by atoms with Crippen LogP contribution in [-0.4, -0.2) is 21.5 Å². The number of terminal acetylenes is 1. The minimum Gasteiger partial charge on any atom is -0.304 e. The van der Waals surface area contributed by atoms with Crippen molar-refractivity contribution in [1.82, 2.24) is 15.0 Å². The van der Waals surface area contributed by atoms with Gasteiger partial charge in [-0.1, -0.05) is 65.3 Å². The first-order chi connectivity index (χ1) is 15.7. The third-order valence-electron chi connectivity index (χ3n) is 5.07. The number of hydrogen-bond acceptors (Lipinski definition) is 6. The molecule has 0 radical (unpaired) electrons. The Bertz CT molecular complexity index is 1490. The number of benzene rings is 2. The molecule has 152 valence electrons. The molecule has 0 aliphatic carbocycles. The Hall–Kier alpha value is -3.97. The first-order valence-electron chi connectivity index (χ1n) is 9.71. The largest absolute Gasteiger partial charge is 0.304 e. The Morgan fingerprint density at radius 2 is 1.91 bits per heavy atom. The van der Waals surface area contributed by atoms with Gasteiger partial charge in [-0.05, 0) is 35.4 Å². The van der Waals surface area contributed by atoms with Gasteiger partial charge in [0.15, 0.2) is 15.6 Å². The molecule has 3 heterocycles. The molecule has 32 heavy (non-hydrogen) atoms. The summed E-state index contributed by atoms with van der Waals surface area (Å²) in [5.74, 6) is 2.72. The van der Waals surface area contributed by atoms with Crippen LogP contribution in [0, 0.1) is 23.7 Å². The van der Waals surface area contributed by atoms with Crippen LogP contribution in [0.3, 0.4) is 0 Å². The summed E-state index contributed by atoms with van der Waals surface area (Å²) < 4.78 is 0. The van der Waals surface area contributed by atoms with Gasteiger partial charge in [0.05, 0.1) is 23.5 Å². The predicted octanol–water partition coefficient (Wildman–Crippen LogP) is 5.59. The number of nitriles is 1. The van der Waals surface area contributed by atoms with Gasteiger partial charge >= 0.3 is 0 Å². The number of allylic oxidation sites excluding steroid dienone is 2. The fourth-order valence-electron chi connectivity index (χ4n) is 3.44. The van der Waals surface area contributed by atoms with E-state index in [2.05, 4.69) is 28.0 Å². The molecular formula is C25H14ClN5S. The van der Waals surface area contributed by atoms with Gasteiger partial charge in [0.1, 0.15) is 5.16 Å². The number of nitrogens with zero attached hydrogens (tertiary/aromatic N) is 5. The van der Waals surface area contributed by atoms with Crippen LogP contribution in [0.4, 0.5) is 5.13 Å². The highest BCUT2D eigenvalue weighted by Gasteiger charge is 2.20. The topological polar surface area (TPSA) is 65.7 Å². The molecule has 0 bridgehead atoms. The Kier molecular flexibility index (Phi) is 5.17. The first kappa shape index (κ1) is 20.0. The van der Waals surface area contributed by atoms with Crippen molar-refractivity contribution in [1.29, 1.82) is 5.26 Å². The second kappa shape index (κ2) is 8.28. The fourth-order valence-corrected chi connectivity index (χ4v) is 4.68. The molecule has 0 atom stereocenters. The van der Waals surface area contributed by atoms with Crippen molar-refractivity contribution >= 4 is 44.1 Å². The summed E-state index contributed by atoms with van der Waals surface area (Å²) in [6.07, 6.45) is 11.3. The number of hydrogen-bond donors (Lipinski definition) is 0. The highest BCUT2D eigenvalue weighted by molar-refractivity contribution is 7.21. The summed E-state index contributed by atoms with van der Waals surface area (Å²) in [5.41, 5.74) is 5.59. The average Bonchev–Trinajstić information content (AvgIpc) is 3.27. The van der Waals surface area contributed by atoms with E-state index >= 15 is 0 Å². The molecule has 1 aliphatic rings. The summed E-state index contributed by atoms with van der Waals surface area (Å²) in [6.45, 7) is 0.561. The molecule has 0 saturated heterocycles. The van der Waals surface area contributed by atoms with Crippen LogP contribution in [0.2, 0.25) is 0 Å². The minimum atomic E-state index is 0.556. The van der Waals surface area contributed by atoms with Crippen LogP contribution in [0.1, 0.15) is 16.7 Å². The van der Waals surface area contributed by atoms with Gasteiger partial charge in [0.2, 0.25) is 0 Å². The predicted molar refractivity (Wildman–Crippen MR) is 129 cm³/mol. The number of thiazole rings is 1. The van der Waals surface area contributed by atoms with Gasteiger partial charge in [0.25, 0.3) is 0 Å². The number of anilines is 1. The van der Waals surface area contributed by atoms with Crippen molar-refractivity contribution in [2.75, 3.05) is 11.4 Å². The molecule has 0 saturated carbocycles. The molecule has 4 aromatic rings. The van der Waals surface area contributed by atoms with Crippen LogP contribution in [0.15, 0.2) is 72.0 Å². The van der Waals surface area contributed by atoms with Crippen molar-refractivity contribution < 1.29 is 0 Å². The second-order valence-corrected chi connectivity index (χ2v) is 8.34. The van der Waals surface area contributed by atoms with E-state index in [0.717, 1.165) is 37.9 Å². The number of rotatable bonds is 3. The van der Waals surface area contributed by atoms with Crippen LogP contribution < -0.4 is 4.90 Å². The van der Waals surface area contributed by atoms with Crippen LogP contribution in [0.5, 0.6) is 0 Å². The summed E-state index contributed by atoms with van der Waals surface area (Å²) >= 11 is 8.07. The molecule has 0 amide bonds. The SMILES string of the molecule is C#Cc1ccccc1C1=CCN(c2nc3ncc(-c4ccc(C#N)cc4)nc3s2)C(Cl)=C1. The van der Waals surface area contributed by atoms with Crippen LogP contribution in [-0.2, 0) is 0 Å². The molecular weight excluding hydrogens is 438 g/mol. The van der Waals surface area contributed by atoms with Crippen molar-refractivity contribution in [2.24, 2.45) is 0 Å². The molecule has 0 unspecified atom stereocenters. The van der Waals surface area contributed by atoms with E-state index in [-0.39, 0.29) is 0 Å². The van der Waals surface area contributed by atoms with E-state index in [9.17, 15) is 0 Å². The van der Waals surface area contributed by atoms with E-state index in [1.165, 1.54) is 11.3 Å². The number of aromatic nitrogens is 3. The molecule has 2 aromatic heterocycles. The highest BCUT2D eigenvalue weighted by Crippen LogP contribution is 2.35. The van der Waals surface area contributed by atoms with Gasteiger partial charge in [-0.2, -0.15) is 10.2 Å². The summed E-state index contributed by atoms with van der Waals surface area (Å²) in [7, 11) is 0. The summed E-state index contributed by atoms with van der Waals surface area (Å²) in [5, 5.41) is 10.3. The number of fused-ring (bicyclic) bond motifs is 1. The quantitative estimate of drug-likeness (QED) is 0.300. The van der Waals surface area contributed by atoms with E-state index in [0.29, 0.717) is 22.9 Å². The standard InChI is InChI=1S/C25H14ClN5S/c1-2-17-5-3-4-6-20(17)19-11-12-31(22(26)13-19)25-30-23-24(32-25)29-21(15-28-23)18-9-7-16(14-27)8-10-18/h1,3-11,13,15H,12H2. The molecule has 0 N–H and O–H groups in total. The zero-order chi connectivity index (χ0) is 22.1. The van der Waals surface area contributed by atoms with Gasteiger partial charge in [-0.3, -0.25) is 0 Å². The average molecular weight is 452 g/mol. The van der Waals surface area contributed by atoms with E-state index in [1.807, 2.05) is 47.4 Å². The first-order valence-corrected chi connectivity index (χ1v) is 10.9. The second-order valence-electron chi connectivity index (χ2n) is 7.00. The highest BCUT2D eigenvalue weighted by atomic mass is 35.5.